The molecule has 2 rings (SSSR count). The minimum absolute atomic E-state index is 0.203. The quantitative estimate of drug-likeness (QED) is 0.906. The SMILES string of the molecule is CNC(c1ccc(OC)cc1)c1c(C)c(C)cc(C)c1C. The van der Waals surface area contributed by atoms with Gasteiger partial charge in [0, 0.05) is 0 Å². The summed E-state index contributed by atoms with van der Waals surface area (Å²) in [6, 6.07) is 10.8. The van der Waals surface area contributed by atoms with Gasteiger partial charge in [-0.15, -0.1) is 0 Å². The van der Waals surface area contributed by atoms with E-state index in [1.165, 1.54) is 33.4 Å². The van der Waals surface area contributed by atoms with Crippen LogP contribution in [0.4, 0.5) is 0 Å². The van der Waals surface area contributed by atoms with Crippen LogP contribution in [0.25, 0.3) is 0 Å². The number of rotatable bonds is 4. The van der Waals surface area contributed by atoms with Crippen LogP contribution in [0.2, 0.25) is 0 Å². The monoisotopic (exact) mass is 283 g/mol. The number of hydrogen-bond donors (Lipinski definition) is 1. The number of aryl methyl sites for hydroxylation is 2. The summed E-state index contributed by atoms with van der Waals surface area (Å²) >= 11 is 0. The van der Waals surface area contributed by atoms with Crippen molar-refractivity contribution >= 4 is 0 Å². The molecule has 1 atom stereocenters. The molecule has 2 aromatic carbocycles. The number of nitrogens with one attached hydrogen (secondary N) is 1. The first-order valence-corrected chi connectivity index (χ1v) is 7.38. The minimum atomic E-state index is 0.203. The second kappa shape index (κ2) is 6.31. The Bertz CT molecular complexity index is 603. The van der Waals surface area contributed by atoms with Crippen molar-refractivity contribution < 1.29 is 4.74 Å². The van der Waals surface area contributed by atoms with Crippen molar-refractivity contribution in [2.45, 2.75) is 33.7 Å². The van der Waals surface area contributed by atoms with Crippen LogP contribution >= 0.6 is 0 Å². The zero-order valence-electron chi connectivity index (χ0n) is 13.9. The molecular formula is C19H25NO. The van der Waals surface area contributed by atoms with Crippen LogP contribution in [0.3, 0.4) is 0 Å². The van der Waals surface area contributed by atoms with E-state index in [0.29, 0.717) is 0 Å². The van der Waals surface area contributed by atoms with Crippen molar-refractivity contribution in [2.75, 3.05) is 14.2 Å². The van der Waals surface area contributed by atoms with Crippen molar-refractivity contribution in [1.82, 2.24) is 5.32 Å². The summed E-state index contributed by atoms with van der Waals surface area (Å²) in [6.45, 7) is 8.80. The highest BCUT2D eigenvalue weighted by Gasteiger charge is 2.19. The van der Waals surface area contributed by atoms with Crippen LogP contribution in [0.1, 0.15) is 39.4 Å². The van der Waals surface area contributed by atoms with E-state index in [-0.39, 0.29) is 6.04 Å². The molecule has 0 heterocycles. The van der Waals surface area contributed by atoms with Crippen LogP contribution < -0.4 is 10.1 Å². The smallest absolute Gasteiger partial charge is 0.118 e. The van der Waals surface area contributed by atoms with Crippen molar-refractivity contribution in [1.29, 1.82) is 0 Å². The summed E-state index contributed by atoms with van der Waals surface area (Å²) in [6.07, 6.45) is 0. The van der Waals surface area contributed by atoms with Crippen molar-refractivity contribution in [3.05, 3.63) is 63.7 Å². The summed E-state index contributed by atoms with van der Waals surface area (Å²) < 4.78 is 5.25. The van der Waals surface area contributed by atoms with Gasteiger partial charge in [0.2, 0.25) is 0 Å². The lowest BCUT2D eigenvalue weighted by atomic mass is 9.87. The predicted molar refractivity (Wildman–Crippen MR) is 89.3 cm³/mol. The Labute approximate surface area is 128 Å². The fourth-order valence-electron chi connectivity index (χ4n) is 2.95. The maximum atomic E-state index is 5.25. The zero-order chi connectivity index (χ0) is 15.6. The van der Waals surface area contributed by atoms with Crippen molar-refractivity contribution in [2.24, 2.45) is 0 Å². The standard InChI is InChI=1S/C19H25NO/c1-12-11-13(2)15(4)18(14(12)3)19(20-5)16-7-9-17(21-6)10-8-16/h7-11,19-20H,1-6H3. The molecule has 0 bridgehead atoms. The minimum Gasteiger partial charge on any atom is -0.497 e. The fourth-order valence-corrected chi connectivity index (χ4v) is 2.95. The van der Waals surface area contributed by atoms with Crippen LogP contribution in [-0.2, 0) is 0 Å². The molecule has 2 nitrogen and oxygen atoms in total. The summed E-state index contributed by atoms with van der Waals surface area (Å²) in [4.78, 5) is 0. The molecule has 112 valence electrons. The Morgan fingerprint density at radius 2 is 1.43 bits per heavy atom. The average molecular weight is 283 g/mol. The number of benzene rings is 2. The maximum absolute atomic E-state index is 5.25. The third kappa shape index (κ3) is 2.96. The molecule has 0 saturated heterocycles. The summed E-state index contributed by atoms with van der Waals surface area (Å²) in [7, 11) is 3.72. The lowest BCUT2D eigenvalue weighted by Gasteiger charge is -2.24. The zero-order valence-corrected chi connectivity index (χ0v) is 13.9. The molecule has 1 unspecified atom stereocenters. The van der Waals surface area contributed by atoms with Gasteiger partial charge in [-0.05, 0) is 80.3 Å². The van der Waals surface area contributed by atoms with Crippen LogP contribution in [-0.4, -0.2) is 14.2 Å². The van der Waals surface area contributed by atoms with E-state index < -0.39 is 0 Å². The van der Waals surface area contributed by atoms with E-state index in [4.69, 9.17) is 4.74 Å². The molecule has 0 radical (unpaired) electrons. The Morgan fingerprint density at radius 3 is 1.86 bits per heavy atom. The van der Waals surface area contributed by atoms with Crippen molar-refractivity contribution in [3.63, 3.8) is 0 Å². The summed E-state index contributed by atoms with van der Waals surface area (Å²) in [5.74, 6) is 0.891. The molecule has 2 aromatic rings. The predicted octanol–water partition coefficient (Wildman–Crippen LogP) is 4.24. The first-order chi connectivity index (χ1) is 9.99. The molecular weight excluding hydrogens is 258 g/mol. The van der Waals surface area contributed by atoms with Crippen molar-refractivity contribution in [3.8, 4) is 5.75 Å². The van der Waals surface area contributed by atoms with Crippen LogP contribution in [0, 0.1) is 27.7 Å². The number of hydrogen-bond acceptors (Lipinski definition) is 2. The van der Waals surface area contributed by atoms with Gasteiger partial charge in [0.05, 0.1) is 13.2 Å². The first-order valence-electron chi connectivity index (χ1n) is 7.38. The molecule has 1 N–H and O–H groups in total. The highest BCUT2D eigenvalue weighted by Crippen LogP contribution is 2.32. The lowest BCUT2D eigenvalue weighted by Crippen LogP contribution is -2.20. The Kier molecular flexibility index (Phi) is 4.69. The third-order valence-corrected chi connectivity index (χ3v) is 4.45. The normalized spacial score (nSPS) is 12.3. The fraction of sp³-hybridized carbons (Fsp3) is 0.368. The topological polar surface area (TPSA) is 21.3 Å². The van der Waals surface area contributed by atoms with E-state index in [9.17, 15) is 0 Å². The largest absolute Gasteiger partial charge is 0.497 e. The molecule has 0 aromatic heterocycles. The van der Waals surface area contributed by atoms with Gasteiger partial charge in [-0.1, -0.05) is 18.2 Å². The van der Waals surface area contributed by atoms with Gasteiger partial charge in [-0.2, -0.15) is 0 Å². The van der Waals surface area contributed by atoms with Gasteiger partial charge in [0.1, 0.15) is 5.75 Å². The Balaban J connectivity index is 2.55. The lowest BCUT2D eigenvalue weighted by molar-refractivity contribution is 0.414. The third-order valence-electron chi connectivity index (χ3n) is 4.45. The maximum Gasteiger partial charge on any atom is 0.118 e. The highest BCUT2D eigenvalue weighted by atomic mass is 16.5. The van der Waals surface area contributed by atoms with Gasteiger partial charge >= 0.3 is 0 Å². The average Bonchev–Trinajstić information content (AvgIpc) is 2.50. The molecule has 0 aliphatic rings. The van der Waals surface area contributed by atoms with E-state index in [0.717, 1.165) is 5.75 Å². The number of ether oxygens (including phenoxy) is 1. The number of methoxy groups -OCH3 is 1. The van der Waals surface area contributed by atoms with Gasteiger partial charge in [-0.25, -0.2) is 0 Å². The van der Waals surface area contributed by atoms with E-state index >= 15 is 0 Å². The molecule has 21 heavy (non-hydrogen) atoms. The first kappa shape index (κ1) is 15.6. The second-order valence-electron chi connectivity index (χ2n) is 5.67. The van der Waals surface area contributed by atoms with Crippen LogP contribution in [0.15, 0.2) is 30.3 Å². The summed E-state index contributed by atoms with van der Waals surface area (Å²) in [5, 5.41) is 3.47. The summed E-state index contributed by atoms with van der Waals surface area (Å²) in [5.41, 5.74) is 8.08. The molecule has 0 amide bonds. The van der Waals surface area contributed by atoms with Gasteiger partial charge in [0.25, 0.3) is 0 Å². The molecule has 0 saturated carbocycles. The van der Waals surface area contributed by atoms with Gasteiger partial charge < -0.3 is 10.1 Å². The highest BCUT2D eigenvalue weighted by molar-refractivity contribution is 5.49. The molecule has 2 heteroatoms. The molecule has 0 fully saturated rings. The Hall–Kier alpha value is -1.80. The Morgan fingerprint density at radius 1 is 0.905 bits per heavy atom. The molecule has 0 spiro atoms. The molecule has 0 aliphatic heterocycles. The van der Waals surface area contributed by atoms with E-state index in [1.54, 1.807) is 7.11 Å². The van der Waals surface area contributed by atoms with Gasteiger partial charge in [-0.3, -0.25) is 0 Å². The van der Waals surface area contributed by atoms with E-state index in [1.807, 2.05) is 19.2 Å². The van der Waals surface area contributed by atoms with Gasteiger partial charge in [0.15, 0.2) is 0 Å². The van der Waals surface area contributed by atoms with E-state index in [2.05, 4.69) is 51.2 Å². The van der Waals surface area contributed by atoms with Crippen LogP contribution in [0.5, 0.6) is 5.75 Å². The molecule has 0 aliphatic carbocycles. The second-order valence-corrected chi connectivity index (χ2v) is 5.67.